The molecule has 2 aromatic carbocycles. The Morgan fingerprint density at radius 1 is 1.04 bits per heavy atom. The fourth-order valence-electron chi connectivity index (χ4n) is 4.17. The summed E-state index contributed by atoms with van der Waals surface area (Å²) in [5.74, 6) is -0.594. The van der Waals surface area contributed by atoms with Crippen molar-refractivity contribution in [2.45, 2.75) is 37.8 Å². The van der Waals surface area contributed by atoms with Gasteiger partial charge in [-0.05, 0) is 30.5 Å². The zero-order chi connectivity index (χ0) is 19.6. The van der Waals surface area contributed by atoms with E-state index in [0.717, 1.165) is 29.3 Å². The van der Waals surface area contributed by atoms with Gasteiger partial charge in [-0.15, -0.1) is 0 Å². The Kier molecular flexibility index (Phi) is 4.90. The highest BCUT2D eigenvalue weighted by Gasteiger charge is 2.44. The van der Waals surface area contributed by atoms with E-state index in [1.54, 1.807) is 0 Å². The van der Waals surface area contributed by atoms with Crippen LogP contribution in [0.5, 0.6) is 0 Å². The lowest BCUT2D eigenvalue weighted by Gasteiger charge is -2.27. The number of nitrogens with one attached hydrogen (secondary N) is 1. The van der Waals surface area contributed by atoms with E-state index in [1.807, 2.05) is 65.2 Å². The van der Waals surface area contributed by atoms with Gasteiger partial charge in [0.1, 0.15) is 11.2 Å². The molecular weight excluding hydrogens is 352 g/mol. The van der Waals surface area contributed by atoms with Crippen molar-refractivity contribution in [1.29, 1.82) is 0 Å². The molecule has 0 spiro atoms. The molecule has 144 valence electrons. The average Bonchev–Trinajstić information content (AvgIpc) is 3.34. The Morgan fingerprint density at radius 3 is 2.43 bits per heavy atom. The number of methoxy groups -OCH3 is 1. The van der Waals surface area contributed by atoms with Gasteiger partial charge in [0.2, 0.25) is 0 Å². The summed E-state index contributed by atoms with van der Waals surface area (Å²) in [6.45, 7) is 0.586. The lowest BCUT2D eigenvalue weighted by molar-refractivity contribution is -0.148. The zero-order valence-electron chi connectivity index (χ0n) is 16.0. The highest BCUT2D eigenvalue weighted by Crippen LogP contribution is 2.31. The van der Waals surface area contributed by atoms with Crippen molar-refractivity contribution in [2.75, 3.05) is 7.11 Å². The number of rotatable bonds is 5. The minimum atomic E-state index is -0.917. The maximum absolute atomic E-state index is 13.3. The first-order valence-electron chi connectivity index (χ1n) is 9.66. The fraction of sp³-hybridized carbons (Fsp3) is 0.304. The molecule has 5 heteroatoms. The normalized spacial score (nSPS) is 15.5. The number of benzene rings is 2. The van der Waals surface area contributed by atoms with Gasteiger partial charge in [0.25, 0.3) is 5.91 Å². The van der Waals surface area contributed by atoms with Crippen molar-refractivity contribution >= 4 is 22.8 Å². The molecule has 3 aromatic rings. The van der Waals surface area contributed by atoms with Crippen LogP contribution in [-0.2, 0) is 16.1 Å². The predicted molar refractivity (Wildman–Crippen MR) is 108 cm³/mol. The van der Waals surface area contributed by atoms with Crippen LogP contribution in [0.1, 0.15) is 41.7 Å². The summed E-state index contributed by atoms with van der Waals surface area (Å²) in [4.78, 5) is 25.7. The van der Waals surface area contributed by atoms with Crippen molar-refractivity contribution in [3.05, 3.63) is 71.9 Å². The monoisotopic (exact) mass is 376 g/mol. The first-order valence-corrected chi connectivity index (χ1v) is 9.66. The molecular formula is C23H24N2O3. The van der Waals surface area contributed by atoms with E-state index in [2.05, 4.69) is 5.32 Å². The van der Waals surface area contributed by atoms with Crippen molar-refractivity contribution in [1.82, 2.24) is 9.88 Å². The number of amides is 1. The van der Waals surface area contributed by atoms with Gasteiger partial charge in [-0.25, -0.2) is 4.79 Å². The van der Waals surface area contributed by atoms with E-state index in [0.29, 0.717) is 25.1 Å². The lowest BCUT2D eigenvalue weighted by Crippen LogP contribution is -2.53. The molecule has 1 saturated carbocycles. The molecule has 1 aliphatic rings. The van der Waals surface area contributed by atoms with Crippen LogP contribution in [0.4, 0.5) is 0 Å². The number of esters is 1. The molecule has 4 rings (SSSR count). The topological polar surface area (TPSA) is 60.3 Å². The molecule has 0 aliphatic heterocycles. The van der Waals surface area contributed by atoms with Gasteiger partial charge in [-0.3, -0.25) is 4.79 Å². The van der Waals surface area contributed by atoms with Gasteiger partial charge in [0.05, 0.1) is 7.11 Å². The van der Waals surface area contributed by atoms with Crippen LogP contribution in [0.25, 0.3) is 10.9 Å². The maximum atomic E-state index is 13.3. The van der Waals surface area contributed by atoms with Crippen molar-refractivity contribution in [2.24, 2.45) is 0 Å². The van der Waals surface area contributed by atoms with E-state index in [-0.39, 0.29) is 11.9 Å². The largest absolute Gasteiger partial charge is 0.467 e. The van der Waals surface area contributed by atoms with E-state index >= 15 is 0 Å². The SMILES string of the molecule is COC(=O)C1(NC(=O)c2cc3ccccc3n2Cc2ccccc2)CCCC1. The fourth-order valence-corrected chi connectivity index (χ4v) is 4.17. The van der Waals surface area contributed by atoms with E-state index in [4.69, 9.17) is 4.74 Å². The minimum absolute atomic E-state index is 0.237. The minimum Gasteiger partial charge on any atom is -0.467 e. The van der Waals surface area contributed by atoms with Crippen LogP contribution in [-0.4, -0.2) is 29.1 Å². The van der Waals surface area contributed by atoms with Gasteiger partial charge in [0.15, 0.2) is 0 Å². The van der Waals surface area contributed by atoms with E-state index < -0.39 is 5.54 Å². The number of nitrogens with zero attached hydrogens (tertiary/aromatic N) is 1. The van der Waals surface area contributed by atoms with Crippen molar-refractivity contribution in [3.8, 4) is 0 Å². The van der Waals surface area contributed by atoms with Gasteiger partial charge in [-0.2, -0.15) is 0 Å². The van der Waals surface area contributed by atoms with Crippen LogP contribution >= 0.6 is 0 Å². The Morgan fingerprint density at radius 2 is 1.71 bits per heavy atom. The van der Waals surface area contributed by atoms with E-state index in [9.17, 15) is 9.59 Å². The number of ether oxygens (including phenoxy) is 1. The Hall–Kier alpha value is -3.08. The molecule has 1 aromatic heterocycles. The lowest BCUT2D eigenvalue weighted by atomic mass is 9.97. The number of carbonyl (C=O) groups excluding carboxylic acids is 2. The molecule has 0 saturated heterocycles. The third-order valence-electron chi connectivity index (χ3n) is 5.61. The molecule has 1 amide bonds. The molecule has 5 nitrogen and oxygen atoms in total. The second-order valence-electron chi connectivity index (χ2n) is 7.40. The van der Waals surface area contributed by atoms with Crippen molar-refractivity contribution < 1.29 is 14.3 Å². The molecule has 0 atom stereocenters. The highest BCUT2D eigenvalue weighted by molar-refractivity contribution is 6.01. The smallest absolute Gasteiger partial charge is 0.331 e. The summed E-state index contributed by atoms with van der Waals surface area (Å²) in [6.07, 6.45) is 3.04. The second kappa shape index (κ2) is 7.50. The van der Waals surface area contributed by atoms with Crippen LogP contribution in [0, 0.1) is 0 Å². The van der Waals surface area contributed by atoms with Gasteiger partial charge in [0, 0.05) is 17.4 Å². The third kappa shape index (κ3) is 3.28. The number of fused-ring (bicyclic) bond motifs is 1. The summed E-state index contributed by atoms with van der Waals surface area (Å²) in [5.41, 5.74) is 1.75. The summed E-state index contributed by atoms with van der Waals surface area (Å²) < 4.78 is 7.01. The number of hydrogen-bond donors (Lipinski definition) is 1. The van der Waals surface area contributed by atoms with Crippen LogP contribution in [0.3, 0.4) is 0 Å². The molecule has 28 heavy (non-hydrogen) atoms. The van der Waals surface area contributed by atoms with Gasteiger partial charge >= 0.3 is 5.97 Å². The zero-order valence-corrected chi connectivity index (χ0v) is 16.0. The average molecular weight is 376 g/mol. The quantitative estimate of drug-likeness (QED) is 0.687. The first kappa shape index (κ1) is 18.3. The summed E-state index contributed by atoms with van der Waals surface area (Å²) >= 11 is 0. The molecule has 0 bridgehead atoms. The van der Waals surface area contributed by atoms with Gasteiger partial charge in [-0.1, -0.05) is 61.4 Å². The Labute approximate surface area is 164 Å². The van der Waals surface area contributed by atoms with Crippen LogP contribution < -0.4 is 5.32 Å². The highest BCUT2D eigenvalue weighted by atomic mass is 16.5. The molecule has 0 unspecified atom stereocenters. The first-order chi connectivity index (χ1) is 13.6. The van der Waals surface area contributed by atoms with Gasteiger partial charge < -0.3 is 14.6 Å². The number of para-hydroxylation sites is 1. The van der Waals surface area contributed by atoms with Crippen LogP contribution in [0.15, 0.2) is 60.7 Å². The predicted octanol–water partition coefficient (Wildman–Crippen LogP) is 3.91. The molecule has 0 radical (unpaired) electrons. The van der Waals surface area contributed by atoms with Crippen molar-refractivity contribution in [3.63, 3.8) is 0 Å². The van der Waals surface area contributed by atoms with E-state index in [1.165, 1.54) is 7.11 Å². The summed E-state index contributed by atoms with van der Waals surface area (Å²) in [7, 11) is 1.38. The Balaban J connectivity index is 1.72. The maximum Gasteiger partial charge on any atom is 0.331 e. The number of carbonyl (C=O) groups is 2. The molecule has 1 aliphatic carbocycles. The second-order valence-corrected chi connectivity index (χ2v) is 7.40. The summed E-state index contributed by atoms with van der Waals surface area (Å²) in [5, 5.41) is 4.01. The standard InChI is InChI=1S/C23H24N2O3/c1-28-22(27)23(13-7-8-14-23)24-21(26)20-15-18-11-5-6-12-19(18)25(20)16-17-9-3-2-4-10-17/h2-6,9-12,15H,7-8,13-14,16H2,1H3,(H,24,26). The summed E-state index contributed by atoms with van der Waals surface area (Å²) in [6, 6.07) is 19.9. The number of hydrogen-bond acceptors (Lipinski definition) is 3. The molecule has 1 N–H and O–H groups in total. The molecule has 1 fully saturated rings. The Bertz CT molecular complexity index is 1000. The van der Waals surface area contributed by atoms with Crippen LogP contribution in [0.2, 0.25) is 0 Å². The molecule has 1 heterocycles. The number of aromatic nitrogens is 1. The third-order valence-corrected chi connectivity index (χ3v) is 5.61.